The topological polar surface area (TPSA) is 0 Å². The number of unbranched alkanes of at least 4 members (excludes halogenated alkanes) is 3. The van der Waals surface area contributed by atoms with Gasteiger partial charge in [-0.15, -0.1) is 0 Å². The molecule has 0 aromatic carbocycles. The first-order valence-corrected chi connectivity index (χ1v) is 8.54. The number of rotatable bonds is 10. The molecule has 0 atom stereocenters. The van der Waals surface area contributed by atoms with Gasteiger partial charge in [-0.05, 0) is 50.3 Å². The van der Waals surface area contributed by atoms with Gasteiger partial charge in [0.25, 0.3) is 0 Å². The first-order chi connectivity index (χ1) is 10.2. The summed E-state index contributed by atoms with van der Waals surface area (Å²) < 4.78 is 0. The first kappa shape index (κ1) is 20.7. The molecule has 0 heterocycles. The second-order valence-electron chi connectivity index (χ2n) is 7.03. The van der Waals surface area contributed by atoms with Crippen LogP contribution in [0.5, 0.6) is 0 Å². The van der Waals surface area contributed by atoms with Gasteiger partial charge in [0.05, 0.1) is 0 Å². The van der Waals surface area contributed by atoms with Crippen molar-refractivity contribution in [2.75, 3.05) is 0 Å². The number of allylic oxidation sites excluding steroid dienone is 7. The second-order valence-corrected chi connectivity index (χ2v) is 7.03. The zero-order chi connectivity index (χ0) is 17.3. The lowest BCUT2D eigenvalue weighted by molar-refractivity contribution is 0.554. The van der Waals surface area contributed by atoms with Gasteiger partial charge in [0.2, 0.25) is 0 Å². The van der Waals surface area contributed by atoms with Crippen molar-refractivity contribution in [3.8, 4) is 0 Å². The second kappa shape index (κ2) is 9.66. The van der Waals surface area contributed by atoms with E-state index in [2.05, 4.69) is 60.4 Å². The maximum atomic E-state index is 4.26. The van der Waals surface area contributed by atoms with Gasteiger partial charge in [-0.1, -0.05) is 83.1 Å². The van der Waals surface area contributed by atoms with Crippen molar-refractivity contribution in [2.24, 2.45) is 5.41 Å². The Labute approximate surface area is 139 Å². The summed E-state index contributed by atoms with van der Waals surface area (Å²) in [4.78, 5) is 0. The molecule has 0 nitrogen and oxygen atoms in total. The molecule has 0 aliphatic carbocycles. The minimum absolute atomic E-state index is 0.0949. The van der Waals surface area contributed by atoms with E-state index >= 15 is 0 Å². The van der Waals surface area contributed by atoms with Gasteiger partial charge in [-0.2, -0.15) is 0 Å². The molecule has 0 aliphatic heterocycles. The molecular weight excluding hydrogens is 264 g/mol. The molecule has 0 aliphatic rings. The first-order valence-electron chi connectivity index (χ1n) is 8.54. The molecule has 22 heavy (non-hydrogen) atoms. The van der Waals surface area contributed by atoms with Gasteiger partial charge < -0.3 is 0 Å². The minimum atomic E-state index is -0.0949. The third kappa shape index (κ3) is 6.22. The summed E-state index contributed by atoms with van der Waals surface area (Å²) in [6.45, 7) is 25.4. The summed E-state index contributed by atoms with van der Waals surface area (Å²) in [5.74, 6) is 0. The average molecular weight is 301 g/mol. The Morgan fingerprint density at radius 3 is 2.00 bits per heavy atom. The molecule has 0 bridgehead atoms. The highest BCUT2D eigenvalue weighted by Gasteiger charge is 2.26. The van der Waals surface area contributed by atoms with Crippen molar-refractivity contribution in [3.63, 3.8) is 0 Å². The molecular formula is C22H36. The zero-order valence-electron chi connectivity index (χ0n) is 15.8. The van der Waals surface area contributed by atoms with Crippen molar-refractivity contribution in [1.82, 2.24) is 0 Å². The fraction of sp³-hybridized carbons (Fsp3) is 0.545. The molecule has 0 saturated carbocycles. The average Bonchev–Trinajstić information content (AvgIpc) is 2.44. The van der Waals surface area contributed by atoms with Crippen LogP contribution in [0.1, 0.15) is 73.6 Å². The monoisotopic (exact) mass is 300 g/mol. The van der Waals surface area contributed by atoms with E-state index in [0.717, 1.165) is 17.6 Å². The van der Waals surface area contributed by atoms with Gasteiger partial charge in [0.1, 0.15) is 0 Å². The van der Waals surface area contributed by atoms with E-state index in [1.165, 1.54) is 42.4 Å². The Bertz CT molecular complexity index is 462. The van der Waals surface area contributed by atoms with Crippen LogP contribution in [-0.2, 0) is 0 Å². The van der Waals surface area contributed by atoms with Crippen LogP contribution < -0.4 is 0 Å². The van der Waals surface area contributed by atoms with Crippen LogP contribution in [0.4, 0.5) is 0 Å². The van der Waals surface area contributed by atoms with Crippen LogP contribution in [0.25, 0.3) is 0 Å². The largest absolute Gasteiger partial charge is 0.0988 e. The minimum Gasteiger partial charge on any atom is -0.0988 e. The SMILES string of the molecule is C=C/C(=C\C(=C(C)C)C(C)(C)C(=C)C(=C)C)CCCCCC. The fourth-order valence-corrected chi connectivity index (χ4v) is 2.82. The summed E-state index contributed by atoms with van der Waals surface area (Å²) in [6, 6.07) is 0. The Kier molecular flexibility index (Phi) is 9.09. The van der Waals surface area contributed by atoms with E-state index in [-0.39, 0.29) is 5.41 Å². The van der Waals surface area contributed by atoms with E-state index in [0.29, 0.717) is 0 Å². The molecule has 0 saturated heterocycles. The van der Waals surface area contributed by atoms with Crippen molar-refractivity contribution in [2.45, 2.75) is 73.6 Å². The maximum absolute atomic E-state index is 4.26. The van der Waals surface area contributed by atoms with Gasteiger partial charge >= 0.3 is 0 Å². The lowest BCUT2D eigenvalue weighted by Crippen LogP contribution is -2.18. The van der Waals surface area contributed by atoms with Crippen LogP contribution in [-0.4, -0.2) is 0 Å². The fourth-order valence-electron chi connectivity index (χ4n) is 2.82. The molecule has 0 heteroatoms. The van der Waals surface area contributed by atoms with Crippen LogP contribution in [0.3, 0.4) is 0 Å². The number of hydrogen-bond acceptors (Lipinski definition) is 0. The lowest BCUT2D eigenvalue weighted by atomic mass is 9.73. The smallest absolute Gasteiger partial charge is 0.0142 e. The van der Waals surface area contributed by atoms with Gasteiger partial charge in [-0.25, -0.2) is 0 Å². The van der Waals surface area contributed by atoms with Gasteiger partial charge in [0.15, 0.2) is 0 Å². The van der Waals surface area contributed by atoms with E-state index in [1.807, 2.05) is 13.0 Å². The zero-order valence-corrected chi connectivity index (χ0v) is 15.8. The quantitative estimate of drug-likeness (QED) is 0.288. The summed E-state index contributed by atoms with van der Waals surface area (Å²) in [6.07, 6.45) is 10.6. The van der Waals surface area contributed by atoms with Crippen molar-refractivity contribution < 1.29 is 0 Å². The summed E-state index contributed by atoms with van der Waals surface area (Å²) >= 11 is 0. The summed E-state index contributed by atoms with van der Waals surface area (Å²) in [5.41, 5.74) is 6.07. The highest BCUT2D eigenvalue weighted by atomic mass is 14.3. The van der Waals surface area contributed by atoms with Crippen molar-refractivity contribution in [3.05, 3.63) is 59.8 Å². The van der Waals surface area contributed by atoms with Crippen LogP contribution >= 0.6 is 0 Å². The molecule has 0 unspecified atom stereocenters. The maximum Gasteiger partial charge on any atom is 0.0142 e. The molecule has 0 rings (SSSR count). The van der Waals surface area contributed by atoms with Gasteiger partial charge in [-0.3, -0.25) is 0 Å². The van der Waals surface area contributed by atoms with E-state index in [4.69, 9.17) is 0 Å². The molecule has 0 N–H and O–H groups in total. The number of hydrogen-bond donors (Lipinski definition) is 0. The van der Waals surface area contributed by atoms with E-state index in [9.17, 15) is 0 Å². The Morgan fingerprint density at radius 2 is 1.59 bits per heavy atom. The molecule has 124 valence electrons. The molecule has 0 aromatic heterocycles. The standard InChI is InChI=1S/C22H36/c1-10-12-13-14-15-20(11-2)16-21(18(5)6)22(8,9)19(7)17(3)4/h11,16H,2-3,7,10,12-15H2,1,4-6,8-9H3/b20-16+. The predicted octanol–water partition coefficient (Wildman–Crippen LogP) is 7.56. The van der Waals surface area contributed by atoms with Crippen molar-refractivity contribution in [1.29, 1.82) is 0 Å². The molecule has 0 spiro atoms. The highest BCUT2D eigenvalue weighted by Crippen LogP contribution is 2.40. The summed E-state index contributed by atoms with van der Waals surface area (Å²) in [7, 11) is 0. The molecule has 0 amide bonds. The van der Waals surface area contributed by atoms with Crippen LogP contribution in [0.2, 0.25) is 0 Å². The van der Waals surface area contributed by atoms with E-state index in [1.54, 1.807) is 0 Å². The Morgan fingerprint density at radius 1 is 1.00 bits per heavy atom. The summed E-state index contributed by atoms with van der Waals surface area (Å²) in [5, 5.41) is 0. The molecule has 0 aromatic rings. The predicted molar refractivity (Wildman–Crippen MR) is 103 cm³/mol. The molecule has 0 fully saturated rings. The van der Waals surface area contributed by atoms with Crippen molar-refractivity contribution >= 4 is 0 Å². The highest BCUT2D eigenvalue weighted by molar-refractivity contribution is 5.45. The lowest BCUT2D eigenvalue weighted by Gasteiger charge is -2.31. The van der Waals surface area contributed by atoms with E-state index < -0.39 is 0 Å². The third-order valence-electron chi connectivity index (χ3n) is 4.39. The van der Waals surface area contributed by atoms with Crippen LogP contribution in [0.15, 0.2) is 59.8 Å². The Balaban J connectivity index is 5.38. The Hall–Kier alpha value is -1.30. The third-order valence-corrected chi connectivity index (χ3v) is 4.39. The molecule has 0 radical (unpaired) electrons. The normalized spacial score (nSPS) is 12.0. The van der Waals surface area contributed by atoms with Crippen LogP contribution in [0, 0.1) is 5.41 Å². The van der Waals surface area contributed by atoms with Gasteiger partial charge in [0, 0.05) is 5.41 Å².